The zero-order chi connectivity index (χ0) is 10.5. The van der Waals surface area contributed by atoms with Gasteiger partial charge in [-0.3, -0.25) is 0 Å². The molecule has 1 aliphatic rings. The van der Waals surface area contributed by atoms with Gasteiger partial charge in [-0.15, -0.1) is 0 Å². The SMILES string of the molecule is CC(NC1CCCNC1)c1ccccc1. The molecule has 0 bridgehead atoms. The van der Waals surface area contributed by atoms with Crippen molar-refractivity contribution in [3.8, 4) is 0 Å². The predicted octanol–water partition coefficient (Wildman–Crippen LogP) is 2.09. The molecular formula is C13H20N2. The molecule has 1 fully saturated rings. The molecule has 1 aliphatic heterocycles. The fourth-order valence-corrected chi connectivity index (χ4v) is 2.19. The Morgan fingerprint density at radius 2 is 2.13 bits per heavy atom. The van der Waals surface area contributed by atoms with E-state index in [0.717, 1.165) is 6.54 Å². The topological polar surface area (TPSA) is 24.1 Å². The Labute approximate surface area is 92.1 Å². The van der Waals surface area contributed by atoms with Crippen LogP contribution in [0.4, 0.5) is 0 Å². The zero-order valence-electron chi connectivity index (χ0n) is 9.37. The van der Waals surface area contributed by atoms with Gasteiger partial charge in [-0.05, 0) is 31.9 Å². The molecule has 1 aromatic rings. The fraction of sp³-hybridized carbons (Fsp3) is 0.538. The summed E-state index contributed by atoms with van der Waals surface area (Å²) in [6.45, 7) is 4.53. The summed E-state index contributed by atoms with van der Waals surface area (Å²) < 4.78 is 0. The van der Waals surface area contributed by atoms with Crippen molar-refractivity contribution in [3.05, 3.63) is 35.9 Å². The van der Waals surface area contributed by atoms with E-state index in [2.05, 4.69) is 47.9 Å². The first kappa shape index (κ1) is 10.7. The van der Waals surface area contributed by atoms with E-state index < -0.39 is 0 Å². The van der Waals surface area contributed by atoms with Gasteiger partial charge in [-0.2, -0.15) is 0 Å². The third-order valence-corrected chi connectivity index (χ3v) is 3.08. The van der Waals surface area contributed by atoms with Crippen molar-refractivity contribution in [1.82, 2.24) is 10.6 Å². The van der Waals surface area contributed by atoms with Crippen LogP contribution in [0.5, 0.6) is 0 Å². The minimum Gasteiger partial charge on any atom is -0.315 e. The van der Waals surface area contributed by atoms with Crippen LogP contribution in [-0.2, 0) is 0 Å². The molecule has 0 amide bonds. The van der Waals surface area contributed by atoms with E-state index in [1.54, 1.807) is 0 Å². The minimum absolute atomic E-state index is 0.455. The van der Waals surface area contributed by atoms with Gasteiger partial charge in [0.05, 0.1) is 0 Å². The quantitative estimate of drug-likeness (QED) is 0.788. The molecule has 1 saturated heterocycles. The number of rotatable bonds is 3. The highest BCUT2D eigenvalue weighted by atomic mass is 15.0. The van der Waals surface area contributed by atoms with Gasteiger partial charge in [0.2, 0.25) is 0 Å². The number of hydrogen-bond donors (Lipinski definition) is 2. The Hall–Kier alpha value is -0.860. The van der Waals surface area contributed by atoms with E-state index in [9.17, 15) is 0 Å². The second kappa shape index (κ2) is 5.29. The Balaban J connectivity index is 1.88. The lowest BCUT2D eigenvalue weighted by Crippen LogP contribution is -2.43. The van der Waals surface area contributed by atoms with Crippen LogP contribution in [0.2, 0.25) is 0 Å². The number of nitrogens with one attached hydrogen (secondary N) is 2. The van der Waals surface area contributed by atoms with Crippen LogP contribution in [0.1, 0.15) is 31.4 Å². The molecule has 1 heterocycles. The maximum absolute atomic E-state index is 3.67. The molecule has 0 radical (unpaired) electrons. The summed E-state index contributed by atoms with van der Waals surface area (Å²) in [5.74, 6) is 0. The lowest BCUT2D eigenvalue weighted by Gasteiger charge is -2.27. The van der Waals surface area contributed by atoms with Crippen molar-refractivity contribution < 1.29 is 0 Å². The smallest absolute Gasteiger partial charge is 0.0294 e. The van der Waals surface area contributed by atoms with Crippen LogP contribution >= 0.6 is 0 Å². The average Bonchev–Trinajstić information content (AvgIpc) is 2.31. The van der Waals surface area contributed by atoms with Crippen LogP contribution < -0.4 is 10.6 Å². The van der Waals surface area contributed by atoms with Crippen LogP contribution in [0, 0.1) is 0 Å². The molecule has 0 spiro atoms. The van der Waals surface area contributed by atoms with Gasteiger partial charge >= 0.3 is 0 Å². The van der Waals surface area contributed by atoms with Gasteiger partial charge in [0.15, 0.2) is 0 Å². The second-order valence-corrected chi connectivity index (χ2v) is 4.34. The van der Waals surface area contributed by atoms with Crippen molar-refractivity contribution in [2.45, 2.75) is 31.8 Å². The van der Waals surface area contributed by atoms with E-state index in [1.165, 1.54) is 24.9 Å². The molecular weight excluding hydrogens is 184 g/mol. The number of hydrogen-bond acceptors (Lipinski definition) is 2. The third-order valence-electron chi connectivity index (χ3n) is 3.08. The molecule has 2 nitrogen and oxygen atoms in total. The first-order chi connectivity index (χ1) is 7.36. The maximum Gasteiger partial charge on any atom is 0.0294 e. The molecule has 2 rings (SSSR count). The molecule has 2 N–H and O–H groups in total. The molecule has 2 unspecified atom stereocenters. The molecule has 0 aliphatic carbocycles. The van der Waals surface area contributed by atoms with Crippen molar-refractivity contribution in [1.29, 1.82) is 0 Å². The van der Waals surface area contributed by atoms with Crippen LogP contribution in [-0.4, -0.2) is 19.1 Å². The average molecular weight is 204 g/mol. The maximum atomic E-state index is 3.67. The van der Waals surface area contributed by atoms with E-state index in [0.29, 0.717) is 12.1 Å². The standard InChI is InChI=1S/C13H20N2/c1-11(12-6-3-2-4-7-12)15-13-8-5-9-14-10-13/h2-4,6-7,11,13-15H,5,8-10H2,1H3. The monoisotopic (exact) mass is 204 g/mol. The van der Waals surface area contributed by atoms with Gasteiger partial charge in [0, 0.05) is 18.6 Å². The van der Waals surface area contributed by atoms with Gasteiger partial charge in [0.25, 0.3) is 0 Å². The molecule has 0 saturated carbocycles. The van der Waals surface area contributed by atoms with Crippen molar-refractivity contribution in [3.63, 3.8) is 0 Å². The first-order valence-electron chi connectivity index (χ1n) is 5.88. The summed E-state index contributed by atoms with van der Waals surface area (Å²) >= 11 is 0. The highest BCUT2D eigenvalue weighted by Gasteiger charge is 2.15. The highest BCUT2D eigenvalue weighted by Crippen LogP contribution is 2.14. The molecule has 2 heteroatoms. The molecule has 0 aromatic heterocycles. The van der Waals surface area contributed by atoms with Crippen LogP contribution in [0.15, 0.2) is 30.3 Å². The summed E-state index contributed by atoms with van der Waals surface area (Å²) in [4.78, 5) is 0. The van der Waals surface area contributed by atoms with Crippen LogP contribution in [0.3, 0.4) is 0 Å². The fourth-order valence-electron chi connectivity index (χ4n) is 2.19. The van der Waals surface area contributed by atoms with Gasteiger partial charge < -0.3 is 10.6 Å². The Kier molecular flexibility index (Phi) is 3.75. The number of benzene rings is 1. The summed E-state index contributed by atoms with van der Waals surface area (Å²) in [6.07, 6.45) is 2.59. The largest absolute Gasteiger partial charge is 0.315 e. The molecule has 15 heavy (non-hydrogen) atoms. The van der Waals surface area contributed by atoms with E-state index in [4.69, 9.17) is 0 Å². The lowest BCUT2D eigenvalue weighted by molar-refractivity contribution is 0.362. The summed E-state index contributed by atoms with van der Waals surface area (Å²) in [7, 11) is 0. The van der Waals surface area contributed by atoms with E-state index in [1.807, 2.05) is 0 Å². The normalized spacial score (nSPS) is 23.7. The van der Waals surface area contributed by atoms with E-state index >= 15 is 0 Å². The first-order valence-corrected chi connectivity index (χ1v) is 5.88. The van der Waals surface area contributed by atoms with Crippen molar-refractivity contribution in [2.24, 2.45) is 0 Å². The Bertz CT molecular complexity index is 278. The molecule has 1 aromatic carbocycles. The van der Waals surface area contributed by atoms with Crippen LogP contribution in [0.25, 0.3) is 0 Å². The number of piperidine rings is 1. The molecule has 2 atom stereocenters. The Morgan fingerprint density at radius 1 is 1.33 bits per heavy atom. The Morgan fingerprint density at radius 3 is 2.80 bits per heavy atom. The lowest BCUT2D eigenvalue weighted by atomic mass is 10.0. The second-order valence-electron chi connectivity index (χ2n) is 4.34. The zero-order valence-corrected chi connectivity index (χ0v) is 9.37. The highest BCUT2D eigenvalue weighted by molar-refractivity contribution is 5.18. The third kappa shape index (κ3) is 3.05. The van der Waals surface area contributed by atoms with Crippen molar-refractivity contribution >= 4 is 0 Å². The van der Waals surface area contributed by atoms with Gasteiger partial charge in [0.1, 0.15) is 0 Å². The summed E-state index contributed by atoms with van der Waals surface area (Å²) in [5.41, 5.74) is 1.38. The van der Waals surface area contributed by atoms with Gasteiger partial charge in [-0.1, -0.05) is 30.3 Å². The summed E-state index contributed by atoms with van der Waals surface area (Å²) in [6, 6.07) is 11.7. The summed E-state index contributed by atoms with van der Waals surface area (Å²) in [5, 5.41) is 7.10. The minimum atomic E-state index is 0.455. The molecule has 82 valence electrons. The van der Waals surface area contributed by atoms with E-state index in [-0.39, 0.29) is 0 Å². The predicted molar refractivity (Wildman–Crippen MR) is 63.9 cm³/mol. The van der Waals surface area contributed by atoms with Crippen molar-refractivity contribution in [2.75, 3.05) is 13.1 Å². The van der Waals surface area contributed by atoms with Gasteiger partial charge in [-0.25, -0.2) is 0 Å².